The molecule has 0 rings (SSSR count). The molecule has 2 nitrogen and oxygen atoms in total. The number of ether oxygens (including phenoxy) is 1. The van der Waals surface area contributed by atoms with Crippen LogP contribution in [0.1, 0.15) is 33.1 Å². The molecule has 0 saturated heterocycles. The lowest BCUT2D eigenvalue weighted by atomic mass is 10.3. The van der Waals surface area contributed by atoms with Crippen molar-refractivity contribution in [3.05, 3.63) is 0 Å². The van der Waals surface area contributed by atoms with E-state index >= 15 is 0 Å². The first-order valence-corrected chi connectivity index (χ1v) is 5.03. The van der Waals surface area contributed by atoms with Gasteiger partial charge in [0.2, 0.25) is 0 Å². The highest BCUT2D eigenvalue weighted by Crippen LogP contribution is 1.93. The minimum absolute atomic E-state index is 0.356. The zero-order chi connectivity index (χ0) is 9.94. The molecule has 0 aromatic carbocycles. The van der Waals surface area contributed by atoms with Gasteiger partial charge in [-0.25, -0.2) is 0 Å². The third-order valence-electron chi connectivity index (χ3n) is 1.65. The van der Waals surface area contributed by atoms with Crippen LogP contribution < -0.4 is 5.32 Å². The van der Waals surface area contributed by atoms with E-state index in [-0.39, 0.29) is 0 Å². The molecule has 0 aromatic rings. The second-order valence-electron chi connectivity index (χ2n) is 3.33. The fourth-order valence-electron chi connectivity index (χ4n) is 0.957. The molecule has 0 aliphatic rings. The van der Waals surface area contributed by atoms with Gasteiger partial charge >= 0.3 is 0 Å². The van der Waals surface area contributed by atoms with Crippen molar-refractivity contribution in [1.82, 2.24) is 5.32 Å². The first kappa shape index (κ1) is 12.5. The van der Waals surface area contributed by atoms with Crippen molar-refractivity contribution in [3.8, 4) is 12.3 Å². The quantitative estimate of drug-likeness (QED) is 0.458. The van der Waals surface area contributed by atoms with Gasteiger partial charge in [-0.05, 0) is 33.2 Å². The Kier molecular flexibility index (Phi) is 9.18. The standard InChI is InChI=1S/C11H21NO/c1-4-5-8-12-9-6-7-10-13-11(2)3/h1,11-12H,5-10H2,2-3H3. The maximum atomic E-state index is 5.41. The molecule has 0 aliphatic carbocycles. The SMILES string of the molecule is C#CCCNCCCCOC(C)C. The summed E-state index contributed by atoms with van der Waals surface area (Å²) in [5, 5.41) is 3.28. The molecule has 0 radical (unpaired) electrons. The van der Waals surface area contributed by atoms with Crippen LogP contribution >= 0.6 is 0 Å². The van der Waals surface area contributed by atoms with Gasteiger partial charge in [-0.2, -0.15) is 0 Å². The van der Waals surface area contributed by atoms with Crippen molar-refractivity contribution >= 4 is 0 Å². The number of hydrogen-bond acceptors (Lipinski definition) is 2. The van der Waals surface area contributed by atoms with E-state index in [0.29, 0.717) is 6.10 Å². The molecule has 0 saturated carbocycles. The van der Waals surface area contributed by atoms with Gasteiger partial charge in [-0.3, -0.25) is 0 Å². The van der Waals surface area contributed by atoms with Gasteiger partial charge in [-0.15, -0.1) is 12.3 Å². The fraction of sp³-hybridized carbons (Fsp3) is 0.818. The van der Waals surface area contributed by atoms with Crippen LogP contribution in [0.2, 0.25) is 0 Å². The largest absolute Gasteiger partial charge is 0.379 e. The van der Waals surface area contributed by atoms with Crippen LogP contribution in [-0.4, -0.2) is 25.8 Å². The molecular weight excluding hydrogens is 162 g/mol. The molecule has 1 N–H and O–H groups in total. The fourth-order valence-corrected chi connectivity index (χ4v) is 0.957. The van der Waals surface area contributed by atoms with Crippen LogP contribution in [-0.2, 0) is 4.74 Å². The highest BCUT2D eigenvalue weighted by Gasteiger charge is 1.92. The van der Waals surface area contributed by atoms with Crippen LogP contribution in [0, 0.1) is 12.3 Å². The van der Waals surface area contributed by atoms with E-state index in [1.54, 1.807) is 0 Å². The molecule has 2 heteroatoms. The molecule has 0 aromatic heterocycles. The number of terminal acetylenes is 1. The first-order valence-electron chi connectivity index (χ1n) is 5.03. The van der Waals surface area contributed by atoms with E-state index in [2.05, 4.69) is 25.1 Å². The molecule has 0 amide bonds. The average Bonchev–Trinajstić information content (AvgIpc) is 2.09. The third kappa shape index (κ3) is 11.5. The summed E-state index contributed by atoms with van der Waals surface area (Å²) in [6, 6.07) is 0. The summed E-state index contributed by atoms with van der Waals surface area (Å²) in [7, 11) is 0. The summed E-state index contributed by atoms with van der Waals surface area (Å²) >= 11 is 0. The van der Waals surface area contributed by atoms with Crippen LogP contribution in [0.4, 0.5) is 0 Å². The Morgan fingerprint density at radius 3 is 2.69 bits per heavy atom. The summed E-state index contributed by atoms with van der Waals surface area (Å²) in [5.41, 5.74) is 0. The molecule has 0 fully saturated rings. The molecule has 13 heavy (non-hydrogen) atoms. The maximum absolute atomic E-state index is 5.41. The first-order chi connectivity index (χ1) is 6.27. The second kappa shape index (κ2) is 9.57. The maximum Gasteiger partial charge on any atom is 0.0518 e. The number of rotatable bonds is 8. The Morgan fingerprint density at radius 1 is 1.31 bits per heavy atom. The van der Waals surface area contributed by atoms with Crippen LogP contribution in [0.25, 0.3) is 0 Å². The Morgan fingerprint density at radius 2 is 2.08 bits per heavy atom. The Labute approximate surface area is 82.1 Å². The third-order valence-corrected chi connectivity index (χ3v) is 1.65. The van der Waals surface area contributed by atoms with Gasteiger partial charge in [0.05, 0.1) is 6.10 Å². The van der Waals surface area contributed by atoms with Gasteiger partial charge in [0.1, 0.15) is 0 Å². The van der Waals surface area contributed by atoms with Crippen LogP contribution in [0.3, 0.4) is 0 Å². The van der Waals surface area contributed by atoms with E-state index in [1.807, 2.05) is 0 Å². The van der Waals surface area contributed by atoms with Crippen LogP contribution in [0.5, 0.6) is 0 Å². The molecule has 0 aliphatic heterocycles. The van der Waals surface area contributed by atoms with Gasteiger partial charge in [0.25, 0.3) is 0 Å². The van der Waals surface area contributed by atoms with E-state index in [1.165, 1.54) is 0 Å². The summed E-state index contributed by atoms with van der Waals surface area (Å²) in [6.45, 7) is 6.97. The molecule has 0 atom stereocenters. The number of hydrogen-bond donors (Lipinski definition) is 1. The average molecular weight is 183 g/mol. The smallest absolute Gasteiger partial charge is 0.0518 e. The molecule has 0 spiro atoms. The molecule has 0 unspecified atom stereocenters. The van der Waals surface area contributed by atoms with Gasteiger partial charge < -0.3 is 10.1 Å². The van der Waals surface area contributed by atoms with E-state index in [9.17, 15) is 0 Å². The van der Waals surface area contributed by atoms with Crippen molar-refractivity contribution < 1.29 is 4.74 Å². The highest BCUT2D eigenvalue weighted by atomic mass is 16.5. The van der Waals surface area contributed by atoms with E-state index in [4.69, 9.17) is 11.2 Å². The van der Waals surface area contributed by atoms with Crippen LogP contribution in [0.15, 0.2) is 0 Å². The predicted molar refractivity (Wildman–Crippen MR) is 56.6 cm³/mol. The van der Waals surface area contributed by atoms with Crippen molar-refractivity contribution in [2.75, 3.05) is 19.7 Å². The molecular formula is C11H21NO. The Hall–Kier alpha value is -0.520. The van der Waals surface area contributed by atoms with Gasteiger partial charge in [0, 0.05) is 19.6 Å². The summed E-state index contributed by atoms with van der Waals surface area (Å²) < 4.78 is 5.41. The predicted octanol–water partition coefficient (Wildman–Crippen LogP) is 1.80. The lowest BCUT2D eigenvalue weighted by Crippen LogP contribution is -2.16. The topological polar surface area (TPSA) is 21.3 Å². The van der Waals surface area contributed by atoms with Crippen molar-refractivity contribution in [2.45, 2.75) is 39.2 Å². The lowest BCUT2D eigenvalue weighted by molar-refractivity contribution is 0.0760. The second-order valence-corrected chi connectivity index (χ2v) is 3.33. The lowest BCUT2D eigenvalue weighted by Gasteiger charge is -2.07. The van der Waals surface area contributed by atoms with E-state index in [0.717, 1.165) is 39.0 Å². The normalized spacial score (nSPS) is 10.3. The number of unbranched alkanes of at least 4 members (excludes halogenated alkanes) is 1. The van der Waals surface area contributed by atoms with Gasteiger partial charge in [0.15, 0.2) is 0 Å². The summed E-state index contributed by atoms with van der Waals surface area (Å²) in [5.74, 6) is 2.60. The minimum atomic E-state index is 0.356. The van der Waals surface area contributed by atoms with Crippen molar-refractivity contribution in [1.29, 1.82) is 0 Å². The zero-order valence-corrected chi connectivity index (χ0v) is 8.81. The monoisotopic (exact) mass is 183 g/mol. The Balaban J connectivity index is 2.88. The molecule has 76 valence electrons. The van der Waals surface area contributed by atoms with Crippen molar-refractivity contribution in [3.63, 3.8) is 0 Å². The highest BCUT2D eigenvalue weighted by molar-refractivity contribution is 4.83. The van der Waals surface area contributed by atoms with Gasteiger partial charge in [-0.1, -0.05) is 0 Å². The minimum Gasteiger partial charge on any atom is -0.379 e. The summed E-state index contributed by atoms with van der Waals surface area (Å²) in [4.78, 5) is 0. The molecule has 0 heterocycles. The summed E-state index contributed by atoms with van der Waals surface area (Å²) in [6.07, 6.45) is 8.58. The zero-order valence-electron chi connectivity index (χ0n) is 8.81. The molecule has 0 bridgehead atoms. The number of nitrogens with one attached hydrogen (secondary N) is 1. The van der Waals surface area contributed by atoms with E-state index < -0.39 is 0 Å². The Bertz CT molecular complexity index is 138. The van der Waals surface area contributed by atoms with Crippen molar-refractivity contribution in [2.24, 2.45) is 0 Å².